The summed E-state index contributed by atoms with van der Waals surface area (Å²) >= 11 is 0. The summed E-state index contributed by atoms with van der Waals surface area (Å²) in [7, 11) is 0. The molecule has 31 heavy (non-hydrogen) atoms. The van der Waals surface area contributed by atoms with Crippen LogP contribution in [-0.4, -0.2) is 33.5 Å². The molecule has 0 aliphatic rings. The zero-order valence-electron chi connectivity index (χ0n) is 17.2. The van der Waals surface area contributed by atoms with Crippen molar-refractivity contribution in [2.45, 2.75) is 20.4 Å². The molecule has 0 aliphatic carbocycles. The fraction of sp³-hybridized carbons (Fsp3) is 0.227. The molecule has 9 nitrogen and oxygen atoms in total. The molecule has 0 radical (unpaired) electrons. The van der Waals surface area contributed by atoms with Crippen LogP contribution in [0.2, 0.25) is 0 Å². The van der Waals surface area contributed by atoms with Crippen molar-refractivity contribution in [2.24, 2.45) is 0 Å². The molecule has 3 rings (SSSR count). The number of carbonyl (C=O) groups excluding carboxylic acids is 1. The van der Waals surface area contributed by atoms with E-state index in [-0.39, 0.29) is 30.2 Å². The van der Waals surface area contributed by atoms with Gasteiger partial charge in [-0.2, -0.15) is 0 Å². The van der Waals surface area contributed by atoms with E-state index in [1.54, 1.807) is 6.92 Å². The van der Waals surface area contributed by atoms with Gasteiger partial charge in [0, 0.05) is 41.9 Å². The Kier molecular flexibility index (Phi) is 6.76. The van der Waals surface area contributed by atoms with Gasteiger partial charge in [0.1, 0.15) is 5.75 Å². The number of benzene rings is 2. The number of rotatable bonds is 8. The van der Waals surface area contributed by atoms with Crippen LogP contribution < -0.4 is 15.6 Å². The highest BCUT2D eigenvalue weighted by Crippen LogP contribution is 2.20. The van der Waals surface area contributed by atoms with Crippen LogP contribution in [0.15, 0.2) is 59.7 Å². The maximum absolute atomic E-state index is 12.4. The molecule has 0 aliphatic heterocycles. The Morgan fingerprint density at radius 1 is 1.19 bits per heavy atom. The SMILES string of the molecule is CCOc1ccc(-c2cc(=O)n(CCNC(=O)c3ccc([N+](=O)[O-])c(C)c3)cn2)cc1. The summed E-state index contributed by atoms with van der Waals surface area (Å²) in [6, 6.07) is 12.9. The maximum atomic E-state index is 12.4. The van der Waals surface area contributed by atoms with Crippen molar-refractivity contribution < 1.29 is 14.5 Å². The van der Waals surface area contributed by atoms with Gasteiger partial charge in [0.25, 0.3) is 17.2 Å². The van der Waals surface area contributed by atoms with Crippen LogP contribution >= 0.6 is 0 Å². The van der Waals surface area contributed by atoms with E-state index < -0.39 is 4.92 Å². The number of nitro groups is 1. The number of ether oxygens (including phenoxy) is 1. The molecule has 0 bridgehead atoms. The normalized spacial score (nSPS) is 10.5. The average Bonchev–Trinajstić information content (AvgIpc) is 2.75. The lowest BCUT2D eigenvalue weighted by atomic mass is 10.1. The molecule has 1 aromatic heterocycles. The highest BCUT2D eigenvalue weighted by atomic mass is 16.6. The van der Waals surface area contributed by atoms with E-state index in [4.69, 9.17) is 4.74 Å². The number of aromatic nitrogens is 2. The minimum atomic E-state index is -0.493. The van der Waals surface area contributed by atoms with Crippen molar-refractivity contribution in [1.29, 1.82) is 0 Å². The Hall–Kier alpha value is -4.01. The molecular weight excluding hydrogens is 400 g/mol. The number of amides is 1. The number of hydrogen-bond acceptors (Lipinski definition) is 6. The molecule has 0 saturated heterocycles. The van der Waals surface area contributed by atoms with Crippen LogP contribution in [0.25, 0.3) is 11.3 Å². The molecular formula is C22H22N4O5. The molecule has 2 aromatic carbocycles. The van der Waals surface area contributed by atoms with Gasteiger partial charge in [-0.15, -0.1) is 0 Å². The minimum Gasteiger partial charge on any atom is -0.494 e. The highest BCUT2D eigenvalue weighted by molar-refractivity contribution is 5.94. The van der Waals surface area contributed by atoms with Crippen LogP contribution in [0.5, 0.6) is 5.75 Å². The second-order valence-corrected chi connectivity index (χ2v) is 6.78. The lowest BCUT2D eigenvalue weighted by Crippen LogP contribution is -2.30. The van der Waals surface area contributed by atoms with Crippen molar-refractivity contribution in [3.05, 3.63) is 86.5 Å². The molecule has 0 fully saturated rings. The number of hydrogen-bond donors (Lipinski definition) is 1. The van der Waals surface area contributed by atoms with Crippen LogP contribution in [0.3, 0.4) is 0 Å². The Morgan fingerprint density at radius 2 is 1.94 bits per heavy atom. The van der Waals surface area contributed by atoms with E-state index in [2.05, 4.69) is 10.3 Å². The second-order valence-electron chi connectivity index (χ2n) is 6.78. The van der Waals surface area contributed by atoms with E-state index >= 15 is 0 Å². The number of nitro benzene ring substituents is 1. The van der Waals surface area contributed by atoms with Crippen LogP contribution in [0.1, 0.15) is 22.8 Å². The predicted molar refractivity (Wildman–Crippen MR) is 115 cm³/mol. The molecule has 0 atom stereocenters. The molecule has 0 spiro atoms. The van der Waals surface area contributed by atoms with Gasteiger partial charge in [-0.1, -0.05) is 0 Å². The van der Waals surface area contributed by atoms with Gasteiger partial charge in [-0.25, -0.2) is 4.98 Å². The summed E-state index contributed by atoms with van der Waals surface area (Å²) < 4.78 is 6.81. The second kappa shape index (κ2) is 9.66. The van der Waals surface area contributed by atoms with Gasteiger partial charge in [-0.3, -0.25) is 24.3 Å². The first-order valence-corrected chi connectivity index (χ1v) is 9.72. The molecule has 1 amide bonds. The third kappa shape index (κ3) is 5.33. The van der Waals surface area contributed by atoms with Gasteiger partial charge >= 0.3 is 0 Å². The fourth-order valence-corrected chi connectivity index (χ4v) is 3.03. The van der Waals surface area contributed by atoms with E-state index in [0.29, 0.717) is 23.4 Å². The highest BCUT2D eigenvalue weighted by Gasteiger charge is 2.13. The fourth-order valence-electron chi connectivity index (χ4n) is 3.03. The van der Waals surface area contributed by atoms with E-state index in [1.807, 2.05) is 31.2 Å². The van der Waals surface area contributed by atoms with Gasteiger partial charge in [0.2, 0.25) is 0 Å². The van der Waals surface area contributed by atoms with Gasteiger partial charge in [0.05, 0.1) is 23.6 Å². The molecule has 1 N–H and O–H groups in total. The van der Waals surface area contributed by atoms with Crippen molar-refractivity contribution >= 4 is 11.6 Å². The lowest BCUT2D eigenvalue weighted by molar-refractivity contribution is -0.385. The van der Waals surface area contributed by atoms with E-state index in [1.165, 1.54) is 35.2 Å². The topological polar surface area (TPSA) is 116 Å². The number of aryl methyl sites for hydroxylation is 1. The van der Waals surface area contributed by atoms with Crippen LogP contribution in [-0.2, 0) is 6.54 Å². The Morgan fingerprint density at radius 3 is 2.55 bits per heavy atom. The third-order valence-corrected chi connectivity index (χ3v) is 4.63. The molecule has 0 unspecified atom stereocenters. The van der Waals surface area contributed by atoms with Crippen molar-refractivity contribution in [1.82, 2.24) is 14.9 Å². The summed E-state index contributed by atoms with van der Waals surface area (Å²) in [5.41, 5.74) is 1.80. The largest absolute Gasteiger partial charge is 0.494 e. The summed E-state index contributed by atoms with van der Waals surface area (Å²) in [4.78, 5) is 39.4. The summed E-state index contributed by atoms with van der Waals surface area (Å²) in [5, 5.41) is 13.6. The van der Waals surface area contributed by atoms with Gasteiger partial charge in [-0.05, 0) is 50.2 Å². The summed E-state index contributed by atoms with van der Waals surface area (Å²) in [5.74, 6) is 0.378. The van der Waals surface area contributed by atoms with Crippen molar-refractivity contribution in [3.63, 3.8) is 0 Å². The monoisotopic (exact) mass is 422 g/mol. The number of carbonyl (C=O) groups is 1. The van der Waals surface area contributed by atoms with E-state index in [9.17, 15) is 19.7 Å². The lowest BCUT2D eigenvalue weighted by Gasteiger charge is -2.09. The molecule has 1 heterocycles. The quantitative estimate of drug-likeness (QED) is 0.441. The van der Waals surface area contributed by atoms with Crippen molar-refractivity contribution in [2.75, 3.05) is 13.2 Å². The first-order valence-electron chi connectivity index (χ1n) is 9.72. The molecule has 160 valence electrons. The third-order valence-electron chi connectivity index (χ3n) is 4.63. The smallest absolute Gasteiger partial charge is 0.272 e. The number of nitrogens with zero attached hydrogens (tertiary/aromatic N) is 3. The summed E-state index contributed by atoms with van der Waals surface area (Å²) in [6.07, 6.45) is 1.44. The van der Waals surface area contributed by atoms with Crippen LogP contribution in [0, 0.1) is 17.0 Å². The number of nitrogens with one attached hydrogen (secondary N) is 1. The first-order chi connectivity index (χ1) is 14.9. The van der Waals surface area contributed by atoms with Gasteiger partial charge in [0.15, 0.2) is 0 Å². The maximum Gasteiger partial charge on any atom is 0.272 e. The Bertz CT molecular complexity index is 1160. The van der Waals surface area contributed by atoms with E-state index in [0.717, 1.165) is 11.3 Å². The molecule has 3 aromatic rings. The van der Waals surface area contributed by atoms with Gasteiger partial charge < -0.3 is 10.1 Å². The first kappa shape index (κ1) is 21.7. The minimum absolute atomic E-state index is 0.0400. The Labute approximate surface area is 178 Å². The zero-order valence-corrected chi connectivity index (χ0v) is 17.2. The van der Waals surface area contributed by atoms with Crippen LogP contribution in [0.4, 0.5) is 5.69 Å². The standard InChI is InChI=1S/C22H22N4O5/c1-3-31-18-7-4-16(5-8-18)19-13-21(27)25(14-24-19)11-10-23-22(28)17-6-9-20(26(29)30)15(2)12-17/h4-9,12-14H,3,10-11H2,1-2H3,(H,23,28). The molecule has 9 heteroatoms. The zero-order chi connectivity index (χ0) is 22.4. The summed E-state index contributed by atoms with van der Waals surface area (Å²) in [6.45, 7) is 4.51. The Balaban J connectivity index is 1.61. The average molecular weight is 422 g/mol. The molecule has 0 saturated carbocycles. The predicted octanol–water partition coefficient (Wildman–Crippen LogP) is 2.96. The van der Waals surface area contributed by atoms with Crippen molar-refractivity contribution in [3.8, 4) is 17.0 Å².